The van der Waals surface area contributed by atoms with E-state index in [9.17, 15) is 13.2 Å². The average molecular weight is 340 g/mol. The highest BCUT2D eigenvalue weighted by molar-refractivity contribution is 8.00. The average Bonchev–Trinajstić information content (AvgIpc) is 2.86. The number of anilines is 1. The summed E-state index contributed by atoms with van der Waals surface area (Å²) in [6, 6.07) is 5.00. The van der Waals surface area contributed by atoms with Crippen LogP contribution in [0.25, 0.3) is 0 Å². The quantitative estimate of drug-likeness (QED) is 0.887. The number of sulfonamides is 1. The minimum Gasteiger partial charge on any atom is -0.325 e. The molecule has 1 aliphatic heterocycles. The minimum atomic E-state index is -3.53. The minimum absolute atomic E-state index is 0.0350. The Kier molecular flexibility index (Phi) is 4.47. The van der Waals surface area contributed by atoms with Crippen LogP contribution in [0.1, 0.15) is 39.0 Å². The summed E-state index contributed by atoms with van der Waals surface area (Å²) < 4.78 is 27.7. The Morgan fingerprint density at radius 2 is 2.00 bits per heavy atom. The number of carbonyl (C=O) groups excluding carboxylic acids is 1. The van der Waals surface area contributed by atoms with Crippen LogP contribution in [0.2, 0.25) is 0 Å². The molecular formula is C15H20N2O3S2. The van der Waals surface area contributed by atoms with Gasteiger partial charge in [0.25, 0.3) is 0 Å². The number of hydrogen-bond donors (Lipinski definition) is 2. The molecule has 7 heteroatoms. The van der Waals surface area contributed by atoms with Crippen molar-refractivity contribution in [1.29, 1.82) is 0 Å². The molecule has 1 aromatic carbocycles. The highest BCUT2D eigenvalue weighted by atomic mass is 32.2. The number of thioether (sulfide) groups is 1. The summed E-state index contributed by atoms with van der Waals surface area (Å²) in [6.07, 6.45) is 4.37. The first kappa shape index (κ1) is 15.8. The third kappa shape index (κ3) is 3.47. The summed E-state index contributed by atoms with van der Waals surface area (Å²) in [5, 5.41) is 2.99. The number of benzene rings is 1. The molecule has 1 saturated carbocycles. The van der Waals surface area contributed by atoms with Crippen molar-refractivity contribution < 1.29 is 13.2 Å². The number of carbonyl (C=O) groups is 1. The van der Waals surface area contributed by atoms with E-state index in [1.165, 1.54) is 0 Å². The summed E-state index contributed by atoms with van der Waals surface area (Å²) in [6.45, 7) is 1.99. The lowest BCUT2D eigenvalue weighted by atomic mass is 10.3. The first-order chi connectivity index (χ1) is 10.4. The standard InChI is InChI=1S/C15H20N2O3S2/c1-10-8-15(18)16-13-9-12(6-7-14(13)21-10)22(19,20)17-11-4-2-3-5-11/h6-7,9-11,17H,2-5,8H2,1H3,(H,16,18)/t10-/m0/s1. The van der Waals surface area contributed by atoms with Gasteiger partial charge < -0.3 is 5.32 Å². The van der Waals surface area contributed by atoms with Crippen LogP contribution >= 0.6 is 11.8 Å². The van der Waals surface area contributed by atoms with Gasteiger partial charge in [0, 0.05) is 22.6 Å². The summed E-state index contributed by atoms with van der Waals surface area (Å²) in [4.78, 5) is 12.9. The summed E-state index contributed by atoms with van der Waals surface area (Å²) in [5.74, 6) is -0.0722. The van der Waals surface area contributed by atoms with Gasteiger partial charge in [0.1, 0.15) is 0 Å². The number of rotatable bonds is 3. The number of fused-ring (bicyclic) bond motifs is 1. The third-order valence-corrected chi connectivity index (χ3v) is 6.71. The third-order valence-electron chi connectivity index (χ3n) is 4.01. The lowest BCUT2D eigenvalue weighted by Gasteiger charge is -2.14. The first-order valence-electron chi connectivity index (χ1n) is 7.57. The highest BCUT2D eigenvalue weighted by Crippen LogP contribution is 2.36. The number of amides is 1. The van der Waals surface area contributed by atoms with E-state index in [1.807, 2.05) is 6.92 Å². The van der Waals surface area contributed by atoms with Crippen molar-refractivity contribution in [3.05, 3.63) is 18.2 Å². The predicted molar refractivity (Wildman–Crippen MR) is 87.6 cm³/mol. The molecule has 3 rings (SSSR count). The second-order valence-electron chi connectivity index (χ2n) is 5.94. The highest BCUT2D eigenvalue weighted by Gasteiger charge is 2.25. The fourth-order valence-corrected chi connectivity index (χ4v) is 5.31. The number of hydrogen-bond acceptors (Lipinski definition) is 4. The van der Waals surface area contributed by atoms with Crippen LogP contribution in [0.5, 0.6) is 0 Å². The Morgan fingerprint density at radius 1 is 1.27 bits per heavy atom. The van der Waals surface area contributed by atoms with Crippen molar-refractivity contribution in [2.24, 2.45) is 0 Å². The van der Waals surface area contributed by atoms with Crippen LogP contribution < -0.4 is 10.0 Å². The summed E-state index contributed by atoms with van der Waals surface area (Å²) in [5.41, 5.74) is 0.591. The van der Waals surface area contributed by atoms with Gasteiger partial charge in [0.05, 0.1) is 10.6 Å². The van der Waals surface area contributed by atoms with Crippen molar-refractivity contribution in [3.63, 3.8) is 0 Å². The van der Waals surface area contributed by atoms with Crippen LogP contribution in [0.3, 0.4) is 0 Å². The first-order valence-corrected chi connectivity index (χ1v) is 9.93. The second-order valence-corrected chi connectivity index (χ2v) is 9.14. The van der Waals surface area contributed by atoms with E-state index < -0.39 is 10.0 Å². The Morgan fingerprint density at radius 3 is 2.73 bits per heavy atom. The Bertz CT molecular complexity index is 682. The summed E-state index contributed by atoms with van der Waals surface area (Å²) in [7, 11) is -3.53. The molecule has 22 heavy (non-hydrogen) atoms. The second kappa shape index (κ2) is 6.22. The molecule has 1 aliphatic carbocycles. The summed E-state index contributed by atoms with van der Waals surface area (Å²) >= 11 is 1.59. The van der Waals surface area contributed by atoms with E-state index in [0.29, 0.717) is 12.1 Å². The van der Waals surface area contributed by atoms with Crippen LogP contribution in [-0.4, -0.2) is 25.6 Å². The van der Waals surface area contributed by atoms with Crippen LogP contribution in [-0.2, 0) is 14.8 Å². The molecule has 5 nitrogen and oxygen atoms in total. The maximum absolute atomic E-state index is 12.5. The molecule has 1 amide bonds. The molecule has 120 valence electrons. The van der Waals surface area contributed by atoms with E-state index in [4.69, 9.17) is 0 Å². The van der Waals surface area contributed by atoms with Gasteiger partial charge >= 0.3 is 0 Å². The molecule has 0 radical (unpaired) electrons. The van der Waals surface area contributed by atoms with Crippen molar-refractivity contribution in [2.75, 3.05) is 5.32 Å². The fraction of sp³-hybridized carbons (Fsp3) is 0.533. The van der Waals surface area contributed by atoms with Gasteiger partial charge in [-0.15, -0.1) is 11.8 Å². The molecular weight excluding hydrogens is 320 g/mol. The lowest BCUT2D eigenvalue weighted by molar-refractivity contribution is -0.116. The Hall–Kier alpha value is -1.05. The zero-order valence-corrected chi connectivity index (χ0v) is 14.1. The predicted octanol–water partition coefficient (Wildman–Crippen LogP) is 2.73. The maximum atomic E-state index is 12.5. The van der Waals surface area contributed by atoms with Crippen molar-refractivity contribution in [1.82, 2.24) is 4.72 Å². The topological polar surface area (TPSA) is 75.3 Å². The van der Waals surface area contributed by atoms with Gasteiger partial charge in [0.2, 0.25) is 15.9 Å². The zero-order chi connectivity index (χ0) is 15.7. The molecule has 0 spiro atoms. The van der Waals surface area contributed by atoms with Crippen molar-refractivity contribution >= 4 is 33.4 Å². The Labute approximate surface area is 135 Å². The van der Waals surface area contributed by atoms with Gasteiger partial charge in [-0.2, -0.15) is 0 Å². The maximum Gasteiger partial charge on any atom is 0.240 e. The lowest BCUT2D eigenvalue weighted by Crippen LogP contribution is -2.32. The molecule has 0 saturated heterocycles. The van der Waals surface area contributed by atoms with Crippen molar-refractivity contribution in [3.8, 4) is 0 Å². The van der Waals surface area contributed by atoms with Crippen molar-refractivity contribution in [2.45, 2.75) is 60.1 Å². The molecule has 0 unspecified atom stereocenters. The van der Waals surface area contributed by atoms with Gasteiger partial charge in [-0.05, 0) is 31.0 Å². The fourth-order valence-electron chi connectivity index (χ4n) is 2.93. The molecule has 2 N–H and O–H groups in total. The molecule has 1 heterocycles. The molecule has 0 bridgehead atoms. The zero-order valence-electron chi connectivity index (χ0n) is 12.5. The van der Waals surface area contributed by atoms with Crippen LogP contribution in [0.4, 0.5) is 5.69 Å². The number of nitrogens with one attached hydrogen (secondary N) is 2. The van der Waals surface area contributed by atoms with Gasteiger partial charge in [-0.1, -0.05) is 19.8 Å². The van der Waals surface area contributed by atoms with Gasteiger partial charge in [0.15, 0.2) is 0 Å². The monoisotopic (exact) mass is 340 g/mol. The van der Waals surface area contributed by atoms with Crippen LogP contribution in [0, 0.1) is 0 Å². The normalized spacial score (nSPS) is 23.0. The van der Waals surface area contributed by atoms with E-state index in [2.05, 4.69) is 10.0 Å². The van der Waals surface area contributed by atoms with Gasteiger partial charge in [-0.25, -0.2) is 13.1 Å². The van der Waals surface area contributed by atoms with E-state index in [-0.39, 0.29) is 22.1 Å². The molecule has 1 aromatic rings. The largest absolute Gasteiger partial charge is 0.325 e. The van der Waals surface area contributed by atoms with E-state index in [1.54, 1.807) is 30.0 Å². The van der Waals surface area contributed by atoms with Crippen LogP contribution in [0.15, 0.2) is 28.0 Å². The van der Waals surface area contributed by atoms with Gasteiger partial charge in [-0.3, -0.25) is 4.79 Å². The SMILES string of the molecule is C[C@H]1CC(=O)Nc2cc(S(=O)(=O)NC3CCCC3)ccc2S1. The molecule has 1 fully saturated rings. The van der Waals surface area contributed by atoms with E-state index in [0.717, 1.165) is 30.6 Å². The molecule has 0 aromatic heterocycles. The molecule has 1 atom stereocenters. The Balaban J connectivity index is 1.87. The smallest absolute Gasteiger partial charge is 0.240 e. The van der Waals surface area contributed by atoms with E-state index >= 15 is 0 Å². The molecule has 2 aliphatic rings.